The van der Waals surface area contributed by atoms with Gasteiger partial charge in [-0.1, -0.05) is 0 Å². The van der Waals surface area contributed by atoms with Crippen molar-refractivity contribution in [3.05, 3.63) is 60.3 Å². The first-order valence-corrected chi connectivity index (χ1v) is 5.90. The van der Waals surface area contributed by atoms with E-state index in [1.807, 2.05) is 0 Å². The molecular formula is C15H10F2N2O. The quantitative estimate of drug-likeness (QED) is 0.720. The summed E-state index contributed by atoms with van der Waals surface area (Å²) < 4.78 is 31.8. The average molecular weight is 272 g/mol. The molecule has 0 unspecified atom stereocenters. The number of nitrogens with two attached hydrogens (primary N) is 1. The van der Waals surface area contributed by atoms with E-state index in [-0.39, 0.29) is 5.75 Å². The molecule has 0 radical (unpaired) electrons. The van der Waals surface area contributed by atoms with Gasteiger partial charge in [-0.25, -0.2) is 8.78 Å². The Hall–Kier alpha value is -2.69. The lowest BCUT2D eigenvalue weighted by molar-refractivity contribution is 0.473. The molecule has 0 bridgehead atoms. The number of anilines is 1. The summed E-state index contributed by atoms with van der Waals surface area (Å²) >= 11 is 0. The summed E-state index contributed by atoms with van der Waals surface area (Å²) in [7, 11) is 0. The van der Waals surface area contributed by atoms with Crippen molar-refractivity contribution in [2.24, 2.45) is 0 Å². The molecule has 0 saturated carbocycles. The number of ether oxygens (including phenoxy) is 1. The molecule has 0 saturated heterocycles. The summed E-state index contributed by atoms with van der Waals surface area (Å²) in [5, 5.41) is 0.678. The molecule has 2 N–H and O–H groups in total. The summed E-state index contributed by atoms with van der Waals surface area (Å²) in [5.74, 6) is -0.875. The molecule has 20 heavy (non-hydrogen) atoms. The van der Waals surface area contributed by atoms with Gasteiger partial charge in [0.15, 0.2) is 0 Å². The van der Waals surface area contributed by atoms with Crippen molar-refractivity contribution in [1.29, 1.82) is 0 Å². The molecule has 2 aromatic carbocycles. The van der Waals surface area contributed by atoms with E-state index in [0.29, 0.717) is 22.3 Å². The molecule has 0 atom stereocenters. The van der Waals surface area contributed by atoms with Gasteiger partial charge in [-0.05, 0) is 24.3 Å². The molecule has 1 heterocycles. The van der Waals surface area contributed by atoms with Crippen LogP contribution in [0.1, 0.15) is 0 Å². The lowest BCUT2D eigenvalue weighted by Crippen LogP contribution is -1.93. The number of nitrogens with zero attached hydrogens (tertiary/aromatic N) is 1. The average Bonchev–Trinajstić information content (AvgIpc) is 2.41. The first-order chi connectivity index (χ1) is 9.63. The Balaban J connectivity index is 2.09. The van der Waals surface area contributed by atoms with Crippen molar-refractivity contribution < 1.29 is 13.5 Å². The summed E-state index contributed by atoms with van der Waals surface area (Å²) in [5.41, 5.74) is 6.93. The molecule has 0 fully saturated rings. The molecule has 0 aliphatic carbocycles. The fraction of sp³-hybridized carbons (Fsp3) is 0. The van der Waals surface area contributed by atoms with E-state index in [1.54, 1.807) is 30.5 Å². The zero-order valence-corrected chi connectivity index (χ0v) is 10.3. The normalized spacial score (nSPS) is 10.7. The Morgan fingerprint density at radius 3 is 2.50 bits per heavy atom. The number of pyridine rings is 1. The second-order valence-corrected chi connectivity index (χ2v) is 4.26. The Morgan fingerprint density at radius 2 is 1.75 bits per heavy atom. The molecule has 3 rings (SSSR count). The highest BCUT2D eigenvalue weighted by molar-refractivity contribution is 5.93. The van der Waals surface area contributed by atoms with Crippen molar-refractivity contribution in [2.45, 2.75) is 0 Å². The number of fused-ring (bicyclic) bond motifs is 1. The van der Waals surface area contributed by atoms with Gasteiger partial charge in [0.2, 0.25) is 0 Å². The fourth-order valence-corrected chi connectivity index (χ4v) is 1.97. The molecule has 100 valence electrons. The third-order valence-electron chi connectivity index (χ3n) is 2.82. The van der Waals surface area contributed by atoms with E-state index in [2.05, 4.69) is 4.98 Å². The van der Waals surface area contributed by atoms with Gasteiger partial charge in [-0.15, -0.1) is 0 Å². The molecule has 0 spiro atoms. The third kappa shape index (κ3) is 2.25. The first-order valence-electron chi connectivity index (χ1n) is 5.90. The minimum Gasteiger partial charge on any atom is -0.456 e. The van der Waals surface area contributed by atoms with Gasteiger partial charge < -0.3 is 10.5 Å². The maximum absolute atomic E-state index is 13.2. The van der Waals surface area contributed by atoms with Crippen LogP contribution in [0, 0.1) is 11.6 Å². The molecule has 0 aliphatic rings. The van der Waals surface area contributed by atoms with Gasteiger partial charge >= 0.3 is 0 Å². The van der Waals surface area contributed by atoms with Gasteiger partial charge in [-0.3, -0.25) is 4.98 Å². The van der Waals surface area contributed by atoms with E-state index in [1.165, 1.54) is 0 Å². The minimum atomic E-state index is -0.696. The molecule has 3 nitrogen and oxygen atoms in total. The second kappa shape index (κ2) is 4.77. The Labute approximate surface area is 113 Å². The van der Waals surface area contributed by atoms with Crippen LogP contribution in [-0.2, 0) is 0 Å². The highest BCUT2D eigenvalue weighted by Gasteiger charge is 2.08. The predicted octanol–water partition coefficient (Wildman–Crippen LogP) is 3.89. The van der Waals surface area contributed by atoms with Crippen molar-refractivity contribution in [1.82, 2.24) is 4.98 Å². The van der Waals surface area contributed by atoms with Crippen molar-refractivity contribution in [3.8, 4) is 11.5 Å². The Morgan fingerprint density at radius 1 is 1.00 bits per heavy atom. The van der Waals surface area contributed by atoms with Crippen molar-refractivity contribution in [2.75, 3.05) is 5.73 Å². The third-order valence-corrected chi connectivity index (χ3v) is 2.82. The highest BCUT2D eigenvalue weighted by atomic mass is 19.1. The maximum atomic E-state index is 13.2. The zero-order valence-electron chi connectivity index (χ0n) is 10.3. The zero-order chi connectivity index (χ0) is 14.1. The van der Waals surface area contributed by atoms with E-state index in [4.69, 9.17) is 10.5 Å². The Bertz CT molecular complexity index is 770. The van der Waals surface area contributed by atoms with Crippen LogP contribution < -0.4 is 10.5 Å². The maximum Gasteiger partial charge on any atom is 0.136 e. The van der Waals surface area contributed by atoms with Gasteiger partial charge in [0.25, 0.3) is 0 Å². The smallest absolute Gasteiger partial charge is 0.136 e. The lowest BCUT2D eigenvalue weighted by atomic mass is 10.1. The van der Waals surface area contributed by atoms with Gasteiger partial charge in [0, 0.05) is 29.8 Å². The van der Waals surface area contributed by atoms with Gasteiger partial charge in [-0.2, -0.15) is 0 Å². The number of hydrogen-bond acceptors (Lipinski definition) is 3. The minimum absolute atomic E-state index is 0.0809. The van der Waals surface area contributed by atoms with Crippen LogP contribution in [0.15, 0.2) is 48.7 Å². The van der Waals surface area contributed by atoms with Crippen molar-refractivity contribution >= 4 is 16.6 Å². The molecule has 0 amide bonds. The molecule has 3 aromatic rings. The van der Waals surface area contributed by atoms with Crippen LogP contribution in [0.2, 0.25) is 0 Å². The molecule has 0 aliphatic heterocycles. The van der Waals surface area contributed by atoms with Crippen LogP contribution in [0.3, 0.4) is 0 Å². The van der Waals surface area contributed by atoms with Crippen LogP contribution in [-0.4, -0.2) is 4.98 Å². The number of rotatable bonds is 2. The van der Waals surface area contributed by atoms with Crippen LogP contribution in [0.25, 0.3) is 10.9 Å². The van der Waals surface area contributed by atoms with Gasteiger partial charge in [0.1, 0.15) is 23.1 Å². The van der Waals surface area contributed by atoms with Crippen LogP contribution >= 0.6 is 0 Å². The first kappa shape index (κ1) is 12.3. The summed E-state index contributed by atoms with van der Waals surface area (Å²) in [6, 6.07) is 9.81. The van der Waals surface area contributed by atoms with Crippen LogP contribution in [0.4, 0.5) is 14.5 Å². The van der Waals surface area contributed by atoms with Gasteiger partial charge in [0.05, 0.1) is 11.2 Å². The number of halogens is 2. The number of aromatic nitrogens is 1. The molecular weight excluding hydrogens is 262 g/mol. The monoisotopic (exact) mass is 272 g/mol. The molecule has 1 aromatic heterocycles. The predicted molar refractivity (Wildman–Crippen MR) is 72.6 cm³/mol. The topological polar surface area (TPSA) is 48.1 Å². The number of nitrogen functional groups attached to an aromatic ring is 1. The summed E-state index contributed by atoms with van der Waals surface area (Å²) in [6.45, 7) is 0. The van der Waals surface area contributed by atoms with Crippen LogP contribution in [0.5, 0.6) is 11.5 Å². The SMILES string of the molecule is Nc1ccc(Oc2cc(F)cc(F)c2)c2cccnc12. The van der Waals surface area contributed by atoms with E-state index < -0.39 is 11.6 Å². The molecule has 5 heteroatoms. The Kier molecular flexibility index (Phi) is 2.95. The van der Waals surface area contributed by atoms with E-state index in [0.717, 1.165) is 18.2 Å². The van der Waals surface area contributed by atoms with E-state index in [9.17, 15) is 8.78 Å². The summed E-state index contributed by atoms with van der Waals surface area (Å²) in [6.07, 6.45) is 1.62. The standard InChI is InChI=1S/C15H10F2N2O/c16-9-6-10(17)8-11(7-9)20-14-4-3-13(18)15-12(14)2-1-5-19-15/h1-8H,18H2. The van der Waals surface area contributed by atoms with Crippen molar-refractivity contribution in [3.63, 3.8) is 0 Å². The summed E-state index contributed by atoms with van der Waals surface area (Å²) in [4.78, 5) is 4.16. The lowest BCUT2D eigenvalue weighted by Gasteiger charge is -2.10. The second-order valence-electron chi connectivity index (χ2n) is 4.26. The fourth-order valence-electron chi connectivity index (χ4n) is 1.97. The number of benzene rings is 2. The van der Waals surface area contributed by atoms with E-state index >= 15 is 0 Å². The number of hydrogen-bond donors (Lipinski definition) is 1. The largest absolute Gasteiger partial charge is 0.456 e. The highest BCUT2D eigenvalue weighted by Crippen LogP contribution is 2.32.